The van der Waals surface area contributed by atoms with Gasteiger partial charge < -0.3 is 15.1 Å². The number of carbonyl (C=O) groups is 2. The van der Waals surface area contributed by atoms with E-state index in [2.05, 4.69) is 0 Å². The van der Waals surface area contributed by atoms with E-state index in [9.17, 15) is 24.2 Å². The molecule has 1 amide bonds. The van der Waals surface area contributed by atoms with Crippen molar-refractivity contribution >= 4 is 29.1 Å². The average Bonchev–Trinajstić information content (AvgIpc) is 2.88. The van der Waals surface area contributed by atoms with Crippen LogP contribution in [0.5, 0.6) is 0 Å². The van der Waals surface area contributed by atoms with Gasteiger partial charge >= 0.3 is 0 Å². The molecule has 2 aromatic carbocycles. The lowest BCUT2D eigenvalue weighted by Gasteiger charge is -2.24. The van der Waals surface area contributed by atoms with E-state index in [1.54, 1.807) is 24.3 Å². The smallest absolute Gasteiger partial charge is 0.295 e. The first-order chi connectivity index (χ1) is 12.4. The van der Waals surface area contributed by atoms with Crippen LogP contribution in [0.25, 0.3) is 5.76 Å². The molecule has 134 valence electrons. The molecular formula is C19H15ClFNO4. The second-order valence-electron chi connectivity index (χ2n) is 5.77. The summed E-state index contributed by atoms with van der Waals surface area (Å²) in [7, 11) is 0. The van der Waals surface area contributed by atoms with Gasteiger partial charge in [0.2, 0.25) is 0 Å². The van der Waals surface area contributed by atoms with E-state index in [1.807, 2.05) is 0 Å². The third-order valence-corrected chi connectivity index (χ3v) is 4.44. The van der Waals surface area contributed by atoms with Crippen molar-refractivity contribution in [1.82, 2.24) is 4.90 Å². The SMILES string of the molecule is O=C1C(=O)N(CCO)C(c2ccc(Cl)cc2)/C1=C(/O)c1ccc(F)cc1. The van der Waals surface area contributed by atoms with Crippen LogP contribution < -0.4 is 0 Å². The molecule has 1 saturated heterocycles. The lowest BCUT2D eigenvalue weighted by Crippen LogP contribution is -2.32. The molecule has 1 heterocycles. The molecule has 1 unspecified atom stereocenters. The van der Waals surface area contributed by atoms with Crippen LogP contribution >= 0.6 is 11.6 Å². The number of carbonyl (C=O) groups excluding carboxylic acids is 2. The molecule has 0 radical (unpaired) electrons. The lowest BCUT2D eigenvalue weighted by molar-refractivity contribution is -0.140. The molecule has 1 aliphatic heterocycles. The van der Waals surface area contributed by atoms with E-state index in [0.29, 0.717) is 10.6 Å². The van der Waals surface area contributed by atoms with Gasteiger partial charge in [0.05, 0.1) is 18.2 Å². The number of aliphatic hydroxyl groups excluding tert-OH is 2. The predicted octanol–water partition coefficient (Wildman–Crippen LogP) is 2.89. The zero-order valence-electron chi connectivity index (χ0n) is 13.5. The Labute approximate surface area is 153 Å². The Bertz CT molecular complexity index is 877. The molecule has 1 atom stereocenters. The maximum Gasteiger partial charge on any atom is 0.295 e. The Morgan fingerprint density at radius 3 is 2.27 bits per heavy atom. The number of amides is 1. The second-order valence-corrected chi connectivity index (χ2v) is 6.21. The number of β-amino-alcohol motifs (C(OH)–C–C–N with tert-alkyl or cyclic N) is 1. The van der Waals surface area contributed by atoms with Crippen LogP contribution in [-0.2, 0) is 9.59 Å². The summed E-state index contributed by atoms with van der Waals surface area (Å²) in [5.41, 5.74) is 0.662. The number of nitrogens with zero attached hydrogens (tertiary/aromatic N) is 1. The fourth-order valence-electron chi connectivity index (χ4n) is 2.97. The van der Waals surface area contributed by atoms with Gasteiger partial charge in [-0.2, -0.15) is 0 Å². The van der Waals surface area contributed by atoms with Gasteiger partial charge in [-0.3, -0.25) is 9.59 Å². The van der Waals surface area contributed by atoms with E-state index in [4.69, 9.17) is 11.6 Å². The maximum absolute atomic E-state index is 13.1. The summed E-state index contributed by atoms with van der Waals surface area (Å²) in [6.45, 7) is -0.411. The summed E-state index contributed by atoms with van der Waals surface area (Å²) >= 11 is 5.90. The number of hydrogen-bond acceptors (Lipinski definition) is 4. The number of aliphatic hydroxyl groups is 2. The van der Waals surface area contributed by atoms with Crippen LogP contribution in [0.3, 0.4) is 0 Å². The van der Waals surface area contributed by atoms with Crippen molar-refractivity contribution in [3.63, 3.8) is 0 Å². The number of benzene rings is 2. The fourth-order valence-corrected chi connectivity index (χ4v) is 3.10. The molecule has 0 aromatic heterocycles. The normalized spacial score (nSPS) is 19.2. The van der Waals surface area contributed by atoms with Gasteiger partial charge in [-0.05, 0) is 42.0 Å². The van der Waals surface area contributed by atoms with E-state index in [1.165, 1.54) is 17.0 Å². The van der Waals surface area contributed by atoms with Crippen LogP contribution in [0.4, 0.5) is 4.39 Å². The minimum atomic E-state index is -0.871. The van der Waals surface area contributed by atoms with Crippen LogP contribution in [0.15, 0.2) is 54.1 Å². The van der Waals surface area contributed by atoms with Crippen LogP contribution in [-0.4, -0.2) is 40.0 Å². The molecule has 26 heavy (non-hydrogen) atoms. The minimum absolute atomic E-state index is 0.0714. The molecule has 5 nitrogen and oxygen atoms in total. The van der Waals surface area contributed by atoms with Crippen LogP contribution in [0.1, 0.15) is 17.2 Å². The van der Waals surface area contributed by atoms with Crippen LogP contribution in [0, 0.1) is 5.82 Å². The fraction of sp³-hybridized carbons (Fsp3) is 0.158. The number of rotatable bonds is 4. The largest absolute Gasteiger partial charge is 0.507 e. The molecule has 1 aliphatic rings. The summed E-state index contributed by atoms with van der Waals surface area (Å²) in [6.07, 6.45) is 0. The zero-order chi connectivity index (χ0) is 18.8. The summed E-state index contributed by atoms with van der Waals surface area (Å²) in [6, 6.07) is 10.6. The summed E-state index contributed by atoms with van der Waals surface area (Å²) in [5, 5.41) is 20.4. The topological polar surface area (TPSA) is 77.8 Å². The molecule has 2 N–H and O–H groups in total. The van der Waals surface area contributed by atoms with E-state index >= 15 is 0 Å². The van der Waals surface area contributed by atoms with Gasteiger partial charge in [-0.25, -0.2) is 4.39 Å². The highest BCUT2D eigenvalue weighted by atomic mass is 35.5. The number of Topliss-reactive ketones (excluding diaryl/α,β-unsaturated/α-hetero) is 1. The Kier molecular flexibility index (Phi) is 5.06. The number of halogens is 2. The van der Waals surface area contributed by atoms with Gasteiger partial charge in [0.15, 0.2) is 0 Å². The van der Waals surface area contributed by atoms with Crippen molar-refractivity contribution in [3.05, 3.63) is 76.1 Å². The van der Waals surface area contributed by atoms with E-state index in [0.717, 1.165) is 12.1 Å². The molecule has 7 heteroatoms. The average molecular weight is 376 g/mol. The highest BCUT2D eigenvalue weighted by Gasteiger charge is 2.45. The van der Waals surface area contributed by atoms with Crippen molar-refractivity contribution in [3.8, 4) is 0 Å². The maximum atomic E-state index is 13.1. The first-order valence-corrected chi connectivity index (χ1v) is 8.22. The second kappa shape index (κ2) is 7.27. The standard InChI is InChI=1S/C19H15ClFNO4/c20-13-5-1-11(2-6-13)16-15(18(25)19(26)22(16)9-10-23)17(24)12-3-7-14(21)8-4-12/h1-8,16,23-24H,9-10H2/b17-15-. The highest BCUT2D eigenvalue weighted by molar-refractivity contribution is 6.46. The van der Waals surface area contributed by atoms with Crippen molar-refractivity contribution in [2.24, 2.45) is 0 Å². The Morgan fingerprint density at radius 1 is 1.08 bits per heavy atom. The molecule has 0 aliphatic carbocycles. The highest BCUT2D eigenvalue weighted by Crippen LogP contribution is 2.39. The lowest BCUT2D eigenvalue weighted by atomic mass is 9.95. The summed E-state index contributed by atoms with van der Waals surface area (Å²) in [5.74, 6) is -2.57. The number of likely N-dealkylation sites (tertiary alicyclic amines) is 1. The van der Waals surface area contributed by atoms with E-state index in [-0.39, 0.29) is 24.3 Å². The minimum Gasteiger partial charge on any atom is -0.507 e. The number of hydrogen-bond donors (Lipinski definition) is 2. The quantitative estimate of drug-likeness (QED) is 0.489. The van der Waals surface area contributed by atoms with Crippen molar-refractivity contribution in [2.45, 2.75) is 6.04 Å². The predicted molar refractivity (Wildman–Crippen MR) is 93.9 cm³/mol. The van der Waals surface area contributed by atoms with Crippen molar-refractivity contribution in [2.75, 3.05) is 13.2 Å². The number of ketones is 1. The Morgan fingerprint density at radius 2 is 1.69 bits per heavy atom. The third-order valence-electron chi connectivity index (χ3n) is 4.18. The molecule has 0 saturated carbocycles. The summed E-state index contributed by atoms with van der Waals surface area (Å²) in [4.78, 5) is 26.1. The van der Waals surface area contributed by atoms with Gasteiger partial charge in [-0.1, -0.05) is 23.7 Å². The molecule has 0 bridgehead atoms. The molecular weight excluding hydrogens is 361 g/mol. The first-order valence-electron chi connectivity index (χ1n) is 7.84. The third kappa shape index (κ3) is 3.21. The molecule has 1 fully saturated rings. The Hall–Kier alpha value is -2.70. The van der Waals surface area contributed by atoms with E-state index < -0.39 is 29.3 Å². The van der Waals surface area contributed by atoms with Crippen molar-refractivity contribution < 1.29 is 24.2 Å². The van der Waals surface area contributed by atoms with Crippen LogP contribution in [0.2, 0.25) is 5.02 Å². The van der Waals surface area contributed by atoms with Gasteiger partial charge in [0, 0.05) is 17.1 Å². The zero-order valence-corrected chi connectivity index (χ0v) is 14.3. The molecule has 0 spiro atoms. The van der Waals surface area contributed by atoms with Gasteiger partial charge in [-0.15, -0.1) is 0 Å². The molecule has 3 rings (SSSR count). The monoisotopic (exact) mass is 375 g/mol. The van der Waals surface area contributed by atoms with Crippen molar-refractivity contribution in [1.29, 1.82) is 0 Å². The molecule has 2 aromatic rings. The Balaban J connectivity index is 2.17. The van der Waals surface area contributed by atoms with Gasteiger partial charge in [0.25, 0.3) is 11.7 Å². The first kappa shape index (κ1) is 18.1. The summed E-state index contributed by atoms with van der Waals surface area (Å²) < 4.78 is 13.1. The van der Waals surface area contributed by atoms with Gasteiger partial charge in [0.1, 0.15) is 11.6 Å².